The first kappa shape index (κ1) is 14.5. The van der Waals surface area contributed by atoms with Crippen LogP contribution in [-0.4, -0.2) is 32.0 Å². The molecule has 4 heteroatoms. The van der Waals surface area contributed by atoms with Crippen molar-refractivity contribution in [1.29, 1.82) is 0 Å². The van der Waals surface area contributed by atoms with Crippen molar-refractivity contribution < 1.29 is 8.42 Å². The molecule has 1 aromatic carbocycles. The van der Waals surface area contributed by atoms with Crippen molar-refractivity contribution in [3.63, 3.8) is 0 Å². The van der Waals surface area contributed by atoms with Crippen molar-refractivity contribution in [1.82, 2.24) is 5.32 Å². The minimum atomic E-state index is -2.80. The van der Waals surface area contributed by atoms with E-state index in [4.69, 9.17) is 0 Å². The molecule has 3 nitrogen and oxygen atoms in total. The number of hydrogen-bond donors (Lipinski definition) is 1. The normalized spacial score (nSPS) is 25.5. The number of aryl methyl sites for hydroxylation is 1. The van der Waals surface area contributed by atoms with Crippen LogP contribution in [0.2, 0.25) is 0 Å². The van der Waals surface area contributed by atoms with Gasteiger partial charge in [0.1, 0.15) is 0 Å². The van der Waals surface area contributed by atoms with Gasteiger partial charge in [0.05, 0.1) is 11.5 Å². The molecule has 1 N–H and O–H groups in total. The van der Waals surface area contributed by atoms with E-state index in [0.717, 1.165) is 32.2 Å². The van der Waals surface area contributed by atoms with Gasteiger partial charge in [-0.15, -0.1) is 0 Å². The molecule has 1 fully saturated rings. The number of hydrogen-bond acceptors (Lipinski definition) is 3. The quantitative estimate of drug-likeness (QED) is 0.813. The fraction of sp³-hybridized carbons (Fsp3) is 0.600. The van der Waals surface area contributed by atoms with E-state index in [9.17, 15) is 8.42 Å². The average molecular weight is 281 g/mol. The average Bonchev–Trinajstić information content (AvgIpc) is 2.65. The van der Waals surface area contributed by atoms with Crippen molar-refractivity contribution in [2.75, 3.05) is 18.1 Å². The van der Waals surface area contributed by atoms with Gasteiger partial charge in [0.25, 0.3) is 0 Å². The second-order valence-corrected chi connectivity index (χ2v) is 7.96. The van der Waals surface area contributed by atoms with Gasteiger partial charge in [-0.25, -0.2) is 8.42 Å². The Labute approximate surface area is 116 Å². The van der Waals surface area contributed by atoms with E-state index in [-0.39, 0.29) is 5.54 Å². The zero-order valence-electron chi connectivity index (χ0n) is 11.6. The van der Waals surface area contributed by atoms with Gasteiger partial charge in [-0.1, -0.05) is 30.3 Å². The Morgan fingerprint density at radius 1 is 1.21 bits per heavy atom. The fourth-order valence-electron chi connectivity index (χ4n) is 2.64. The van der Waals surface area contributed by atoms with E-state index >= 15 is 0 Å². The molecular weight excluding hydrogens is 258 g/mol. The van der Waals surface area contributed by atoms with Gasteiger partial charge in [0.2, 0.25) is 0 Å². The maximum Gasteiger partial charge on any atom is 0.152 e. The van der Waals surface area contributed by atoms with Gasteiger partial charge in [0, 0.05) is 5.54 Å². The first-order valence-electron chi connectivity index (χ1n) is 6.99. The lowest BCUT2D eigenvalue weighted by Crippen LogP contribution is -2.43. The summed E-state index contributed by atoms with van der Waals surface area (Å²) in [6, 6.07) is 10.5. The van der Waals surface area contributed by atoms with Crippen LogP contribution in [0, 0.1) is 0 Å². The molecule has 2 rings (SSSR count). The summed E-state index contributed by atoms with van der Waals surface area (Å²) in [4.78, 5) is 0. The number of unbranched alkanes of at least 4 members (excludes halogenated alkanes) is 1. The second kappa shape index (κ2) is 6.06. The first-order chi connectivity index (χ1) is 8.99. The molecule has 0 aromatic heterocycles. The van der Waals surface area contributed by atoms with E-state index in [1.807, 2.05) is 13.0 Å². The standard InChI is InChI=1S/C15H23NO2S/c1-15(10-12-19(17,18)13-15)16-11-6-5-9-14-7-3-2-4-8-14/h2-4,7-8,16H,5-6,9-13H2,1H3. The Bertz CT molecular complexity index is 498. The van der Waals surface area contributed by atoms with Crippen LogP contribution in [0.4, 0.5) is 0 Å². The van der Waals surface area contributed by atoms with Crippen LogP contribution < -0.4 is 5.32 Å². The molecule has 1 heterocycles. The molecule has 0 bridgehead atoms. The topological polar surface area (TPSA) is 46.2 Å². The van der Waals surface area contributed by atoms with Crippen LogP contribution >= 0.6 is 0 Å². The molecule has 0 amide bonds. The highest BCUT2D eigenvalue weighted by Gasteiger charge is 2.37. The Morgan fingerprint density at radius 2 is 1.95 bits per heavy atom. The Hall–Kier alpha value is -0.870. The molecule has 0 radical (unpaired) electrons. The van der Waals surface area contributed by atoms with Gasteiger partial charge in [-0.2, -0.15) is 0 Å². The third kappa shape index (κ3) is 4.62. The molecule has 1 aliphatic heterocycles. The third-order valence-electron chi connectivity index (χ3n) is 3.79. The summed E-state index contributed by atoms with van der Waals surface area (Å²) in [5.41, 5.74) is 1.17. The third-order valence-corrected chi connectivity index (χ3v) is 5.69. The molecule has 0 saturated carbocycles. The van der Waals surface area contributed by atoms with E-state index in [1.54, 1.807) is 0 Å². The number of rotatable bonds is 6. The predicted molar refractivity (Wildman–Crippen MR) is 79.1 cm³/mol. The van der Waals surface area contributed by atoms with E-state index in [2.05, 4.69) is 29.6 Å². The minimum absolute atomic E-state index is 0.203. The van der Waals surface area contributed by atoms with Crippen molar-refractivity contribution >= 4 is 9.84 Å². The van der Waals surface area contributed by atoms with Crippen molar-refractivity contribution in [2.45, 2.75) is 38.1 Å². The first-order valence-corrected chi connectivity index (χ1v) is 8.81. The molecule has 1 unspecified atom stereocenters. The monoisotopic (exact) mass is 281 g/mol. The molecule has 0 aliphatic carbocycles. The van der Waals surface area contributed by atoms with Gasteiger partial charge >= 0.3 is 0 Å². The molecule has 1 saturated heterocycles. The zero-order valence-corrected chi connectivity index (χ0v) is 12.4. The highest BCUT2D eigenvalue weighted by atomic mass is 32.2. The zero-order chi connectivity index (χ0) is 13.8. The van der Waals surface area contributed by atoms with Crippen LogP contribution in [0.5, 0.6) is 0 Å². The van der Waals surface area contributed by atoms with Gasteiger partial charge in [-0.05, 0) is 44.7 Å². The van der Waals surface area contributed by atoms with Crippen LogP contribution in [0.25, 0.3) is 0 Å². The maximum atomic E-state index is 11.5. The van der Waals surface area contributed by atoms with E-state index in [1.165, 1.54) is 5.56 Å². The van der Waals surface area contributed by atoms with E-state index in [0.29, 0.717) is 11.5 Å². The SMILES string of the molecule is CC1(NCCCCc2ccccc2)CCS(=O)(=O)C1. The molecule has 106 valence electrons. The second-order valence-electron chi connectivity index (χ2n) is 5.77. The smallest absolute Gasteiger partial charge is 0.152 e. The molecule has 1 aliphatic rings. The van der Waals surface area contributed by atoms with E-state index < -0.39 is 9.84 Å². The van der Waals surface area contributed by atoms with Crippen molar-refractivity contribution in [2.24, 2.45) is 0 Å². The van der Waals surface area contributed by atoms with Crippen LogP contribution in [0.1, 0.15) is 31.7 Å². The van der Waals surface area contributed by atoms with Gasteiger partial charge < -0.3 is 5.32 Å². The highest BCUT2D eigenvalue weighted by Crippen LogP contribution is 2.22. The Balaban J connectivity index is 1.65. The van der Waals surface area contributed by atoms with Gasteiger partial charge in [-0.3, -0.25) is 0 Å². The summed E-state index contributed by atoms with van der Waals surface area (Å²) >= 11 is 0. The molecule has 0 spiro atoms. The predicted octanol–water partition coefficient (Wildman–Crippen LogP) is 2.18. The summed E-state index contributed by atoms with van der Waals surface area (Å²) in [5.74, 6) is 0.624. The Kier molecular flexibility index (Phi) is 4.63. The molecule has 19 heavy (non-hydrogen) atoms. The lowest BCUT2D eigenvalue weighted by Gasteiger charge is -2.23. The lowest BCUT2D eigenvalue weighted by atomic mass is 10.0. The van der Waals surface area contributed by atoms with Crippen molar-refractivity contribution in [3.8, 4) is 0 Å². The summed E-state index contributed by atoms with van der Waals surface area (Å²) in [5, 5.41) is 3.42. The summed E-state index contributed by atoms with van der Waals surface area (Å²) in [6.45, 7) is 2.92. The largest absolute Gasteiger partial charge is 0.310 e. The Morgan fingerprint density at radius 3 is 2.58 bits per heavy atom. The van der Waals surface area contributed by atoms with Gasteiger partial charge in [0.15, 0.2) is 9.84 Å². The lowest BCUT2D eigenvalue weighted by molar-refractivity contribution is 0.392. The van der Waals surface area contributed by atoms with Crippen LogP contribution in [-0.2, 0) is 16.3 Å². The minimum Gasteiger partial charge on any atom is -0.310 e. The summed E-state index contributed by atoms with van der Waals surface area (Å²) in [6.07, 6.45) is 4.07. The fourth-order valence-corrected chi connectivity index (χ4v) is 4.76. The number of sulfone groups is 1. The molecular formula is C15H23NO2S. The number of nitrogens with one attached hydrogen (secondary N) is 1. The number of benzene rings is 1. The van der Waals surface area contributed by atoms with Crippen LogP contribution in [0.3, 0.4) is 0 Å². The summed E-state index contributed by atoms with van der Waals surface area (Å²) in [7, 11) is -2.80. The summed E-state index contributed by atoms with van der Waals surface area (Å²) < 4.78 is 23.0. The highest BCUT2D eigenvalue weighted by molar-refractivity contribution is 7.91. The molecule has 1 aromatic rings. The maximum absolute atomic E-state index is 11.5. The van der Waals surface area contributed by atoms with Crippen LogP contribution in [0.15, 0.2) is 30.3 Å². The molecule has 1 atom stereocenters. The van der Waals surface area contributed by atoms with Crippen molar-refractivity contribution in [3.05, 3.63) is 35.9 Å².